The van der Waals surface area contributed by atoms with E-state index in [1.54, 1.807) is 0 Å². The molecule has 1 rings (SSSR count). The molecule has 3 heteroatoms. The minimum Gasteiger partial charge on any atom is -0.469 e. The molecule has 1 fully saturated rings. The van der Waals surface area contributed by atoms with Crippen LogP contribution < -0.4 is 0 Å². The lowest BCUT2D eigenvalue weighted by molar-refractivity contribution is -0.146. The SMILES string of the molecule is C#C.C=C/C=C(\C=C/C)N1CCC(C(=O)OC)CC(C)(C)C1.CC. The number of nitrogens with zero attached hydrogens (tertiary/aromatic N) is 1. The lowest BCUT2D eigenvalue weighted by Crippen LogP contribution is -2.31. The van der Waals surface area contributed by atoms with Gasteiger partial charge < -0.3 is 9.64 Å². The van der Waals surface area contributed by atoms with Crippen molar-refractivity contribution in [2.24, 2.45) is 11.3 Å². The van der Waals surface area contributed by atoms with E-state index in [1.165, 1.54) is 7.11 Å². The molecule has 0 bridgehead atoms. The zero-order valence-electron chi connectivity index (χ0n) is 16.3. The Morgan fingerprint density at radius 3 is 2.38 bits per heavy atom. The summed E-state index contributed by atoms with van der Waals surface area (Å²) in [5.74, 6) is -0.0872. The van der Waals surface area contributed by atoms with Crippen molar-refractivity contribution in [3.05, 3.63) is 36.6 Å². The molecule has 0 aliphatic carbocycles. The molecule has 0 amide bonds. The molecule has 1 unspecified atom stereocenters. The fourth-order valence-electron chi connectivity index (χ4n) is 2.89. The van der Waals surface area contributed by atoms with Crippen molar-refractivity contribution in [2.45, 2.75) is 47.5 Å². The Balaban J connectivity index is 0. The largest absolute Gasteiger partial charge is 0.469 e. The third-order valence-electron chi connectivity index (χ3n) is 3.69. The number of terminal acetylenes is 1. The number of allylic oxidation sites excluding steroid dienone is 4. The highest BCUT2D eigenvalue weighted by Crippen LogP contribution is 2.34. The van der Waals surface area contributed by atoms with Crippen LogP contribution >= 0.6 is 0 Å². The van der Waals surface area contributed by atoms with Crippen LogP contribution in [0.3, 0.4) is 0 Å². The van der Waals surface area contributed by atoms with Gasteiger partial charge in [-0.25, -0.2) is 0 Å². The van der Waals surface area contributed by atoms with Crippen molar-refractivity contribution in [2.75, 3.05) is 20.2 Å². The normalized spacial score (nSPS) is 19.9. The maximum atomic E-state index is 11.8. The van der Waals surface area contributed by atoms with Gasteiger partial charge in [0.15, 0.2) is 0 Å². The monoisotopic (exact) mass is 333 g/mol. The summed E-state index contributed by atoms with van der Waals surface area (Å²) in [5, 5.41) is 0. The molecular formula is C21H35NO2. The van der Waals surface area contributed by atoms with Gasteiger partial charge in [0.25, 0.3) is 0 Å². The maximum absolute atomic E-state index is 11.8. The minimum absolute atomic E-state index is 0.00409. The summed E-state index contributed by atoms with van der Waals surface area (Å²) >= 11 is 0. The molecular weight excluding hydrogens is 298 g/mol. The van der Waals surface area contributed by atoms with E-state index in [0.717, 1.165) is 31.6 Å². The smallest absolute Gasteiger partial charge is 0.308 e. The Labute approximate surface area is 149 Å². The van der Waals surface area contributed by atoms with E-state index in [1.807, 2.05) is 39.0 Å². The fraction of sp³-hybridized carbons (Fsp3) is 0.571. The third kappa shape index (κ3) is 8.62. The van der Waals surface area contributed by atoms with Gasteiger partial charge in [-0.05, 0) is 37.3 Å². The van der Waals surface area contributed by atoms with Crippen LogP contribution in [0.1, 0.15) is 47.5 Å². The second kappa shape index (κ2) is 13.5. The number of rotatable bonds is 4. The molecule has 1 atom stereocenters. The summed E-state index contributed by atoms with van der Waals surface area (Å²) in [6.07, 6.45) is 17.7. The van der Waals surface area contributed by atoms with Gasteiger partial charge in [-0.3, -0.25) is 4.79 Å². The molecule has 1 aliphatic heterocycles. The molecule has 0 saturated carbocycles. The van der Waals surface area contributed by atoms with E-state index >= 15 is 0 Å². The van der Waals surface area contributed by atoms with Crippen molar-refractivity contribution in [3.63, 3.8) is 0 Å². The quantitative estimate of drug-likeness (QED) is 0.420. The second-order valence-electron chi connectivity index (χ2n) is 6.13. The first kappa shape index (κ1) is 24.3. The zero-order valence-corrected chi connectivity index (χ0v) is 16.3. The van der Waals surface area contributed by atoms with Gasteiger partial charge in [0, 0.05) is 18.8 Å². The standard InChI is InChI=1S/C17H27NO2.C2H6.C2H2/c1-6-8-15(9-7-2)18-11-10-14(16(19)20-5)12-17(3,4)13-18;2*1-2/h6-9,14H,1,10-13H2,2-5H3;1-2H3;1-2H/b9-7-,15-8+;;. The Bertz CT molecular complexity index is 444. The number of esters is 1. The number of carbonyl (C=O) groups excluding carboxylic acids is 1. The van der Waals surface area contributed by atoms with Crippen LogP contribution in [0.25, 0.3) is 0 Å². The van der Waals surface area contributed by atoms with E-state index in [0.29, 0.717) is 0 Å². The van der Waals surface area contributed by atoms with E-state index in [2.05, 4.69) is 44.2 Å². The van der Waals surface area contributed by atoms with Crippen LogP contribution in [-0.2, 0) is 9.53 Å². The zero-order chi connectivity index (χ0) is 19.2. The number of hydrogen-bond donors (Lipinski definition) is 0. The van der Waals surface area contributed by atoms with Gasteiger partial charge in [0.05, 0.1) is 13.0 Å². The van der Waals surface area contributed by atoms with E-state index in [9.17, 15) is 4.79 Å². The predicted molar refractivity (Wildman–Crippen MR) is 104 cm³/mol. The summed E-state index contributed by atoms with van der Waals surface area (Å²) < 4.78 is 4.93. The summed E-state index contributed by atoms with van der Waals surface area (Å²) in [6, 6.07) is 0. The summed E-state index contributed by atoms with van der Waals surface area (Å²) in [6.45, 7) is 16.0. The molecule has 1 aliphatic rings. The van der Waals surface area contributed by atoms with Crippen LogP contribution in [-0.4, -0.2) is 31.1 Å². The molecule has 0 radical (unpaired) electrons. The molecule has 1 saturated heterocycles. The number of methoxy groups -OCH3 is 1. The number of ether oxygens (including phenoxy) is 1. The highest BCUT2D eigenvalue weighted by Gasteiger charge is 2.34. The van der Waals surface area contributed by atoms with E-state index in [-0.39, 0.29) is 17.3 Å². The number of likely N-dealkylation sites (tertiary alicyclic amines) is 1. The number of hydrogen-bond acceptors (Lipinski definition) is 3. The molecule has 136 valence electrons. The molecule has 0 N–H and O–H groups in total. The van der Waals surface area contributed by atoms with E-state index in [4.69, 9.17) is 4.74 Å². The average molecular weight is 334 g/mol. The molecule has 24 heavy (non-hydrogen) atoms. The van der Waals surface area contributed by atoms with Crippen LogP contribution in [0.2, 0.25) is 0 Å². The highest BCUT2D eigenvalue weighted by atomic mass is 16.5. The first-order valence-electron chi connectivity index (χ1n) is 8.55. The fourth-order valence-corrected chi connectivity index (χ4v) is 2.89. The molecule has 0 aromatic heterocycles. The van der Waals surface area contributed by atoms with Crippen LogP contribution in [0.4, 0.5) is 0 Å². The summed E-state index contributed by atoms with van der Waals surface area (Å²) in [4.78, 5) is 14.2. The van der Waals surface area contributed by atoms with Crippen molar-refractivity contribution in [3.8, 4) is 12.8 Å². The number of carbonyl (C=O) groups is 1. The first-order chi connectivity index (χ1) is 11.4. The Hall–Kier alpha value is -1.95. The minimum atomic E-state index is -0.0831. The Morgan fingerprint density at radius 2 is 1.92 bits per heavy atom. The van der Waals surface area contributed by atoms with Gasteiger partial charge >= 0.3 is 5.97 Å². The van der Waals surface area contributed by atoms with Crippen LogP contribution in [0.5, 0.6) is 0 Å². The Kier molecular flexibility index (Phi) is 13.7. The average Bonchev–Trinajstić information content (AvgIpc) is 2.75. The van der Waals surface area contributed by atoms with Crippen molar-refractivity contribution in [1.29, 1.82) is 0 Å². The first-order valence-corrected chi connectivity index (χ1v) is 8.55. The van der Waals surface area contributed by atoms with Crippen molar-refractivity contribution in [1.82, 2.24) is 4.90 Å². The maximum Gasteiger partial charge on any atom is 0.308 e. The lowest BCUT2D eigenvalue weighted by Gasteiger charge is -2.32. The third-order valence-corrected chi connectivity index (χ3v) is 3.69. The lowest BCUT2D eigenvalue weighted by atomic mass is 9.82. The topological polar surface area (TPSA) is 29.5 Å². The molecule has 0 aromatic carbocycles. The predicted octanol–water partition coefficient (Wildman–Crippen LogP) is 4.82. The second-order valence-corrected chi connectivity index (χ2v) is 6.13. The highest BCUT2D eigenvalue weighted by molar-refractivity contribution is 5.72. The van der Waals surface area contributed by atoms with E-state index < -0.39 is 0 Å². The van der Waals surface area contributed by atoms with Gasteiger partial charge in [-0.1, -0.05) is 46.4 Å². The van der Waals surface area contributed by atoms with Gasteiger partial charge in [-0.15, -0.1) is 12.8 Å². The van der Waals surface area contributed by atoms with Crippen LogP contribution in [0.15, 0.2) is 36.6 Å². The van der Waals surface area contributed by atoms with Crippen molar-refractivity contribution >= 4 is 5.97 Å². The molecule has 0 spiro atoms. The van der Waals surface area contributed by atoms with Crippen molar-refractivity contribution < 1.29 is 9.53 Å². The molecule has 3 nitrogen and oxygen atoms in total. The summed E-state index contributed by atoms with van der Waals surface area (Å²) in [7, 11) is 1.47. The van der Waals surface area contributed by atoms with Gasteiger partial charge in [0.2, 0.25) is 0 Å². The van der Waals surface area contributed by atoms with Crippen LogP contribution in [0, 0.1) is 24.2 Å². The van der Waals surface area contributed by atoms with Gasteiger partial charge in [-0.2, -0.15) is 0 Å². The Morgan fingerprint density at radius 1 is 1.33 bits per heavy atom. The molecule has 1 heterocycles. The summed E-state index contributed by atoms with van der Waals surface area (Å²) in [5.41, 5.74) is 1.23. The van der Waals surface area contributed by atoms with Gasteiger partial charge in [0.1, 0.15) is 0 Å². The molecule has 0 aromatic rings.